The van der Waals surface area contributed by atoms with Gasteiger partial charge < -0.3 is 5.32 Å². The van der Waals surface area contributed by atoms with Gasteiger partial charge in [0.15, 0.2) is 0 Å². The quantitative estimate of drug-likeness (QED) is 0.818. The zero-order valence-electron chi connectivity index (χ0n) is 12.2. The summed E-state index contributed by atoms with van der Waals surface area (Å²) in [5, 5.41) is 5.42. The van der Waals surface area contributed by atoms with Gasteiger partial charge >= 0.3 is 0 Å². The highest BCUT2D eigenvalue weighted by Crippen LogP contribution is 2.30. The Bertz CT molecular complexity index is 667. The standard InChI is InChI=1S/C15H20N2O2S2/c1-3-7-12(14-9-6-11-20-14)17-13-8-4-5-10-15(13)21(18,19)16-2/h4-6,8-12,16-17H,3,7H2,1-2H3. The SMILES string of the molecule is CCCC(Nc1ccccc1S(=O)(=O)NC)c1cccs1. The first-order valence-electron chi connectivity index (χ1n) is 6.91. The van der Waals surface area contributed by atoms with Crippen LogP contribution in [0.4, 0.5) is 5.69 Å². The zero-order chi connectivity index (χ0) is 15.3. The third-order valence-corrected chi connectivity index (χ3v) is 5.70. The molecule has 1 atom stereocenters. The minimum atomic E-state index is -3.47. The lowest BCUT2D eigenvalue weighted by atomic mass is 10.1. The molecule has 2 rings (SSSR count). The van der Waals surface area contributed by atoms with Crippen LogP contribution in [0.1, 0.15) is 30.7 Å². The first-order valence-corrected chi connectivity index (χ1v) is 9.27. The highest BCUT2D eigenvalue weighted by molar-refractivity contribution is 7.89. The predicted molar refractivity (Wildman–Crippen MR) is 88.3 cm³/mol. The molecule has 114 valence electrons. The van der Waals surface area contributed by atoms with E-state index < -0.39 is 10.0 Å². The summed E-state index contributed by atoms with van der Waals surface area (Å²) in [6.07, 6.45) is 1.98. The fourth-order valence-electron chi connectivity index (χ4n) is 2.18. The molecule has 0 fully saturated rings. The second kappa shape index (κ2) is 7.06. The molecule has 0 amide bonds. The molecule has 0 aliphatic carbocycles. The van der Waals surface area contributed by atoms with Crippen molar-refractivity contribution in [2.24, 2.45) is 0 Å². The van der Waals surface area contributed by atoms with Gasteiger partial charge in [0.1, 0.15) is 4.90 Å². The number of para-hydroxylation sites is 1. The molecule has 1 heterocycles. The number of sulfonamides is 1. The van der Waals surface area contributed by atoms with Crippen LogP contribution in [0.15, 0.2) is 46.7 Å². The summed E-state index contributed by atoms with van der Waals surface area (Å²) in [6, 6.07) is 11.2. The molecule has 2 N–H and O–H groups in total. The fourth-order valence-corrected chi connectivity index (χ4v) is 3.89. The zero-order valence-corrected chi connectivity index (χ0v) is 13.8. The van der Waals surface area contributed by atoms with Crippen LogP contribution in [0.3, 0.4) is 0 Å². The number of nitrogens with one attached hydrogen (secondary N) is 2. The highest BCUT2D eigenvalue weighted by Gasteiger charge is 2.19. The van der Waals surface area contributed by atoms with Gasteiger partial charge in [0.2, 0.25) is 10.0 Å². The van der Waals surface area contributed by atoms with Gasteiger partial charge in [-0.15, -0.1) is 11.3 Å². The Morgan fingerprint density at radius 1 is 1.19 bits per heavy atom. The lowest BCUT2D eigenvalue weighted by molar-refractivity contribution is 0.588. The minimum Gasteiger partial charge on any atom is -0.376 e. The Morgan fingerprint density at radius 2 is 1.95 bits per heavy atom. The average molecular weight is 324 g/mol. The van der Waals surface area contributed by atoms with Gasteiger partial charge in [0.05, 0.1) is 11.7 Å². The van der Waals surface area contributed by atoms with Gasteiger partial charge in [-0.2, -0.15) is 0 Å². The number of thiophene rings is 1. The van der Waals surface area contributed by atoms with Crippen molar-refractivity contribution >= 4 is 27.0 Å². The Hall–Kier alpha value is -1.37. The monoisotopic (exact) mass is 324 g/mol. The molecular weight excluding hydrogens is 304 g/mol. The molecule has 0 saturated heterocycles. The van der Waals surface area contributed by atoms with Crippen LogP contribution in [-0.4, -0.2) is 15.5 Å². The molecule has 0 aliphatic heterocycles. The van der Waals surface area contributed by atoms with Crippen LogP contribution in [0.2, 0.25) is 0 Å². The van der Waals surface area contributed by atoms with Crippen LogP contribution >= 0.6 is 11.3 Å². The van der Waals surface area contributed by atoms with Crippen molar-refractivity contribution in [3.05, 3.63) is 46.7 Å². The number of hydrogen-bond donors (Lipinski definition) is 2. The van der Waals surface area contributed by atoms with E-state index in [-0.39, 0.29) is 10.9 Å². The Morgan fingerprint density at radius 3 is 2.57 bits per heavy atom. The van der Waals surface area contributed by atoms with Crippen LogP contribution < -0.4 is 10.0 Å². The molecule has 0 aliphatic rings. The summed E-state index contributed by atoms with van der Waals surface area (Å²) < 4.78 is 26.6. The molecule has 1 aromatic heterocycles. The van der Waals surface area contributed by atoms with E-state index in [1.807, 2.05) is 17.5 Å². The third kappa shape index (κ3) is 3.84. The molecule has 0 saturated carbocycles. The summed E-state index contributed by atoms with van der Waals surface area (Å²) in [6.45, 7) is 2.12. The highest BCUT2D eigenvalue weighted by atomic mass is 32.2. The van der Waals surface area contributed by atoms with Crippen molar-refractivity contribution in [1.82, 2.24) is 4.72 Å². The summed E-state index contributed by atoms with van der Waals surface area (Å²) in [5.74, 6) is 0. The van der Waals surface area contributed by atoms with E-state index in [1.54, 1.807) is 29.5 Å². The molecule has 6 heteroatoms. The third-order valence-electron chi connectivity index (χ3n) is 3.24. The van der Waals surface area contributed by atoms with Crippen molar-refractivity contribution in [2.75, 3.05) is 12.4 Å². The largest absolute Gasteiger partial charge is 0.376 e. The molecule has 4 nitrogen and oxygen atoms in total. The van der Waals surface area contributed by atoms with Gasteiger partial charge in [0, 0.05) is 4.88 Å². The van der Waals surface area contributed by atoms with Crippen molar-refractivity contribution in [1.29, 1.82) is 0 Å². The predicted octanol–water partition coefficient (Wildman–Crippen LogP) is 3.61. The number of benzene rings is 1. The maximum Gasteiger partial charge on any atom is 0.242 e. The van der Waals surface area contributed by atoms with E-state index in [1.165, 1.54) is 11.9 Å². The molecular formula is C15H20N2O2S2. The summed E-state index contributed by atoms with van der Waals surface area (Å²) >= 11 is 1.68. The summed E-state index contributed by atoms with van der Waals surface area (Å²) in [4.78, 5) is 1.50. The minimum absolute atomic E-state index is 0.128. The van der Waals surface area contributed by atoms with Gasteiger partial charge in [-0.05, 0) is 37.0 Å². The topological polar surface area (TPSA) is 58.2 Å². The van der Waals surface area contributed by atoms with Crippen molar-refractivity contribution < 1.29 is 8.42 Å². The van der Waals surface area contributed by atoms with Crippen molar-refractivity contribution in [3.63, 3.8) is 0 Å². The van der Waals surface area contributed by atoms with E-state index >= 15 is 0 Å². The van der Waals surface area contributed by atoms with Gasteiger partial charge in [0.25, 0.3) is 0 Å². The average Bonchev–Trinajstić information content (AvgIpc) is 3.01. The maximum atomic E-state index is 12.1. The number of hydrogen-bond acceptors (Lipinski definition) is 4. The first-order chi connectivity index (χ1) is 10.1. The number of anilines is 1. The van der Waals surface area contributed by atoms with E-state index in [2.05, 4.69) is 23.0 Å². The number of rotatable bonds is 7. The second-order valence-electron chi connectivity index (χ2n) is 4.70. The van der Waals surface area contributed by atoms with Crippen LogP contribution in [-0.2, 0) is 10.0 Å². The fraction of sp³-hybridized carbons (Fsp3) is 0.333. The Labute approximate surface area is 130 Å². The van der Waals surface area contributed by atoms with Crippen LogP contribution in [0.5, 0.6) is 0 Å². The maximum absolute atomic E-state index is 12.1. The van der Waals surface area contributed by atoms with Crippen LogP contribution in [0.25, 0.3) is 0 Å². The van der Waals surface area contributed by atoms with Gasteiger partial charge in [-0.1, -0.05) is 31.5 Å². The molecule has 21 heavy (non-hydrogen) atoms. The normalized spacial score (nSPS) is 13.0. The lowest BCUT2D eigenvalue weighted by Crippen LogP contribution is -2.21. The molecule has 2 aromatic rings. The molecule has 1 aromatic carbocycles. The summed E-state index contributed by atoms with van der Waals surface area (Å²) in [5.41, 5.74) is 0.638. The Balaban J connectivity index is 2.34. The second-order valence-corrected chi connectivity index (χ2v) is 7.54. The first kappa shape index (κ1) is 16.0. The van der Waals surface area contributed by atoms with Gasteiger partial charge in [-0.3, -0.25) is 0 Å². The Kier molecular flexibility index (Phi) is 5.39. The van der Waals surface area contributed by atoms with E-state index in [0.717, 1.165) is 12.8 Å². The van der Waals surface area contributed by atoms with Crippen molar-refractivity contribution in [3.8, 4) is 0 Å². The van der Waals surface area contributed by atoms with Crippen LogP contribution in [0, 0.1) is 0 Å². The molecule has 0 spiro atoms. The van der Waals surface area contributed by atoms with Crippen molar-refractivity contribution in [2.45, 2.75) is 30.7 Å². The summed E-state index contributed by atoms with van der Waals surface area (Å²) in [7, 11) is -2.04. The molecule has 0 radical (unpaired) electrons. The smallest absolute Gasteiger partial charge is 0.242 e. The van der Waals surface area contributed by atoms with Gasteiger partial charge in [-0.25, -0.2) is 13.1 Å². The lowest BCUT2D eigenvalue weighted by Gasteiger charge is -2.20. The molecule has 1 unspecified atom stereocenters. The molecule has 0 bridgehead atoms. The van der Waals surface area contributed by atoms with E-state index in [9.17, 15) is 8.42 Å². The van der Waals surface area contributed by atoms with E-state index in [0.29, 0.717) is 5.69 Å². The van der Waals surface area contributed by atoms with E-state index in [4.69, 9.17) is 0 Å².